The van der Waals surface area contributed by atoms with Crippen LogP contribution in [0.5, 0.6) is 0 Å². The molecule has 1 aromatic carbocycles. The highest BCUT2D eigenvalue weighted by Crippen LogP contribution is 2.21. The summed E-state index contributed by atoms with van der Waals surface area (Å²) in [4.78, 5) is 0. The minimum Gasteiger partial charge on any atom is -0.310 e. The van der Waals surface area contributed by atoms with Crippen molar-refractivity contribution < 1.29 is 4.39 Å². The summed E-state index contributed by atoms with van der Waals surface area (Å²) < 4.78 is 13.3. The van der Waals surface area contributed by atoms with E-state index in [1.165, 1.54) is 24.5 Å². The Kier molecular flexibility index (Phi) is 4.34. The van der Waals surface area contributed by atoms with Gasteiger partial charge in [0.15, 0.2) is 0 Å². The molecule has 0 aliphatic heterocycles. The predicted molar refractivity (Wildman–Crippen MR) is 75.0 cm³/mol. The molecule has 0 unspecified atom stereocenters. The lowest BCUT2D eigenvalue weighted by Crippen LogP contribution is -2.21. The quantitative estimate of drug-likeness (QED) is 0.877. The van der Waals surface area contributed by atoms with E-state index in [1.54, 1.807) is 12.1 Å². The first-order valence-electron chi connectivity index (χ1n) is 6.73. The third-order valence-corrected chi connectivity index (χ3v) is 3.38. The summed E-state index contributed by atoms with van der Waals surface area (Å²) in [7, 11) is 0. The van der Waals surface area contributed by atoms with Crippen LogP contribution in [-0.2, 0) is 0 Å². The van der Waals surface area contributed by atoms with Crippen molar-refractivity contribution in [1.82, 2.24) is 5.32 Å². The third kappa shape index (κ3) is 3.90. The zero-order chi connectivity index (χ0) is 13.8. The molecular formula is C16H19FN2. The van der Waals surface area contributed by atoms with Gasteiger partial charge in [0.05, 0.1) is 5.56 Å². The summed E-state index contributed by atoms with van der Waals surface area (Å²) in [6, 6.07) is 7.23. The average Bonchev–Trinajstić information content (AvgIpc) is 3.20. The molecule has 1 aromatic rings. The topological polar surface area (TPSA) is 35.8 Å². The van der Waals surface area contributed by atoms with Crippen LogP contribution in [0, 0.1) is 23.1 Å². The number of nitrogens with zero attached hydrogens (tertiary/aromatic N) is 1. The summed E-state index contributed by atoms with van der Waals surface area (Å²) in [5.74, 6) is -0.0244. The van der Waals surface area contributed by atoms with Crippen molar-refractivity contribution in [2.24, 2.45) is 5.92 Å². The highest BCUT2D eigenvalue weighted by molar-refractivity contribution is 5.56. The van der Waals surface area contributed by atoms with Gasteiger partial charge in [0, 0.05) is 12.6 Å². The van der Waals surface area contributed by atoms with Crippen molar-refractivity contribution in [2.45, 2.75) is 32.7 Å². The maximum atomic E-state index is 13.3. The molecule has 1 N–H and O–H groups in total. The first-order chi connectivity index (χ1) is 9.10. The number of nitrogens with one attached hydrogen (secondary N) is 1. The van der Waals surface area contributed by atoms with Crippen molar-refractivity contribution >= 4 is 6.08 Å². The van der Waals surface area contributed by atoms with Crippen LogP contribution in [0.3, 0.4) is 0 Å². The number of nitriles is 1. The van der Waals surface area contributed by atoms with Gasteiger partial charge in [-0.2, -0.15) is 5.26 Å². The van der Waals surface area contributed by atoms with E-state index in [4.69, 9.17) is 5.26 Å². The van der Waals surface area contributed by atoms with Gasteiger partial charge >= 0.3 is 0 Å². The molecule has 0 aromatic heterocycles. The van der Waals surface area contributed by atoms with Gasteiger partial charge in [-0.15, -0.1) is 0 Å². The van der Waals surface area contributed by atoms with E-state index in [9.17, 15) is 4.39 Å². The fourth-order valence-corrected chi connectivity index (χ4v) is 1.90. The maximum absolute atomic E-state index is 13.3. The van der Waals surface area contributed by atoms with Gasteiger partial charge in [0.2, 0.25) is 0 Å². The van der Waals surface area contributed by atoms with Crippen LogP contribution in [0.2, 0.25) is 0 Å². The monoisotopic (exact) mass is 258 g/mol. The van der Waals surface area contributed by atoms with E-state index < -0.39 is 5.82 Å². The summed E-state index contributed by atoms with van der Waals surface area (Å²) in [6.07, 6.45) is 4.58. The van der Waals surface area contributed by atoms with Crippen molar-refractivity contribution in [3.63, 3.8) is 0 Å². The summed E-state index contributed by atoms with van der Waals surface area (Å²) in [5.41, 5.74) is 2.27. The molecule has 1 fully saturated rings. The minimum atomic E-state index is -0.457. The number of benzene rings is 1. The molecule has 100 valence electrons. The molecule has 19 heavy (non-hydrogen) atoms. The fraction of sp³-hybridized carbons (Fsp3) is 0.438. The second-order valence-corrected chi connectivity index (χ2v) is 5.38. The Hall–Kier alpha value is -1.66. The molecule has 2 rings (SSSR count). The molecule has 1 saturated carbocycles. The largest absolute Gasteiger partial charge is 0.310 e. The van der Waals surface area contributed by atoms with Gasteiger partial charge in [0.1, 0.15) is 11.9 Å². The van der Waals surface area contributed by atoms with Crippen molar-refractivity contribution in [3.8, 4) is 6.07 Å². The smallest absolute Gasteiger partial charge is 0.140 e. The van der Waals surface area contributed by atoms with Crippen LogP contribution in [-0.4, -0.2) is 12.6 Å². The van der Waals surface area contributed by atoms with Gasteiger partial charge < -0.3 is 5.32 Å². The molecule has 0 radical (unpaired) electrons. The highest BCUT2D eigenvalue weighted by atomic mass is 19.1. The summed E-state index contributed by atoms with van der Waals surface area (Å²) in [6.45, 7) is 5.16. The Morgan fingerprint density at radius 1 is 1.53 bits per heavy atom. The maximum Gasteiger partial charge on any atom is 0.140 e. The standard InChI is InChI=1S/C16H19FN2/c1-11(2)14(10-19-15-4-5-15)8-12-3-6-16(17)13(7-12)9-18/h3,6-8,11,15,19H,4-5,10H2,1-2H3/b14-8+. The Labute approximate surface area is 113 Å². The highest BCUT2D eigenvalue weighted by Gasteiger charge is 2.20. The second kappa shape index (κ2) is 5.99. The van der Waals surface area contributed by atoms with Gasteiger partial charge in [-0.1, -0.05) is 31.6 Å². The normalized spacial score (nSPS) is 15.6. The molecule has 0 spiro atoms. The molecule has 1 aliphatic carbocycles. The van der Waals surface area contributed by atoms with E-state index in [0.29, 0.717) is 12.0 Å². The Morgan fingerprint density at radius 2 is 2.26 bits per heavy atom. The second-order valence-electron chi connectivity index (χ2n) is 5.38. The Morgan fingerprint density at radius 3 is 2.84 bits per heavy atom. The van der Waals surface area contributed by atoms with Crippen molar-refractivity contribution in [1.29, 1.82) is 5.26 Å². The molecular weight excluding hydrogens is 239 g/mol. The first kappa shape index (κ1) is 13.8. The Balaban J connectivity index is 2.17. The molecule has 0 heterocycles. The molecule has 0 bridgehead atoms. The Bertz CT molecular complexity index is 522. The van der Waals surface area contributed by atoms with Gasteiger partial charge in [-0.3, -0.25) is 0 Å². The molecule has 0 atom stereocenters. The minimum absolute atomic E-state index is 0.104. The zero-order valence-corrected chi connectivity index (χ0v) is 11.4. The predicted octanol–water partition coefficient (Wildman–Crippen LogP) is 3.49. The first-order valence-corrected chi connectivity index (χ1v) is 6.73. The molecule has 1 aliphatic rings. The summed E-state index contributed by atoms with van der Waals surface area (Å²) >= 11 is 0. The van der Waals surface area contributed by atoms with Crippen LogP contribution in [0.25, 0.3) is 6.08 Å². The third-order valence-electron chi connectivity index (χ3n) is 3.38. The lowest BCUT2D eigenvalue weighted by atomic mass is 9.99. The molecule has 0 amide bonds. The lowest BCUT2D eigenvalue weighted by Gasteiger charge is -2.12. The number of hydrogen-bond donors (Lipinski definition) is 1. The van der Waals surface area contributed by atoms with E-state index in [1.807, 2.05) is 6.07 Å². The molecule has 0 saturated heterocycles. The van der Waals surface area contributed by atoms with Gasteiger partial charge in [-0.25, -0.2) is 4.39 Å². The van der Waals surface area contributed by atoms with E-state index in [0.717, 1.165) is 12.1 Å². The SMILES string of the molecule is CC(C)/C(=C/c1ccc(F)c(C#N)c1)CNC1CC1. The average molecular weight is 258 g/mol. The van der Waals surface area contributed by atoms with Crippen LogP contribution >= 0.6 is 0 Å². The van der Waals surface area contributed by atoms with Crippen molar-refractivity contribution in [3.05, 3.63) is 40.7 Å². The number of halogens is 1. The summed E-state index contributed by atoms with van der Waals surface area (Å²) in [5, 5.41) is 12.3. The van der Waals surface area contributed by atoms with E-state index in [2.05, 4.69) is 25.2 Å². The number of hydrogen-bond acceptors (Lipinski definition) is 2. The zero-order valence-electron chi connectivity index (χ0n) is 11.4. The van der Waals surface area contributed by atoms with Crippen LogP contribution in [0.4, 0.5) is 4.39 Å². The van der Waals surface area contributed by atoms with E-state index >= 15 is 0 Å². The van der Waals surface area contributed by atoms with Crippen molar-refractivity contribution in [2.75, 3.05) is 6.54 Å². The molecule has 3 heteroatoms. The van der Waals surface area contributed by atoms with Crippen LogP contribution in [0.1, 0.15) is 37.8 Å². The fourth-order valence-electron chi connectivity index (χ4n) is 1.90. The van der Waals surface area contributed by atoms with Gasteiger partial charge in [-0.05, 0) is 36.5 Å². The number of rotatable bonds is 5. The lowest BCUT2D eigenvalue weighted by molar-refractivity contribution is 0.623. The van der Waals surface area contributed by atoms with Gasteiger partial charge in [0.25, 0.3) is 0 Å². The van der Waals surface area contributed by atoms with Crippen LogP contribution < -0.4 is 5.32 Å². The van der Waals surface area contributed by atoms with E-state index in [-0.39, 0.29) is 5.56 Å². The van der Waals surface area contributed by atoms with Crippen LogP contribution in [0.15, 0.2) is 23.8 Å². The molecule has 2 nitrogen and oxygen atoms in total.